The molecule has 0 aliphatic heterocycles. The van der Waals surface area contributed by atoms with Crippen LogP contribution < -0.4 is 10.9 Å². The van der Waals surface area contributed by atoms with E-state index in [0.717, 1.165) is 17.3 Å². The Balaban J connectivity index is 1.78. The third-order valence-electron chi connectivity index (χ3n) is 5.10. The number of carboxylic acid groups (broad SMARTS) is 1. The first-order valence-electron chi connectivity index (χ1n) is 10.1. The number of rotatable bonds is 9. The largest absolute Gasteiger partial charge is 0.481 e. The molecule has 3 aromatic rings. The molecule has 3 N–H and O–H groups in total. The van der Waals surface area contributed by atoms with E-state index in [1.54, 1.807) is 0 Å². The predicted molar refractivity (Wildman–Crippen MR) is 118 cm³/mol. The van der Waals surface area contributed by atoms with E-state index in [1.807, 2.05) is 60.7 Å². The van der Waals surface area contributed by atoms with E-state index in [2.05, 4.69) is 15.3 Å². The second kappa shape index (κ2) is 10.3. The number of ketones is 1. The van der Waals surface area contributed by atoms with Crippen LogP contribution in [0.3, 0.4) is 0 Å². The normalized spacial score (nSPS) is 11.7. The van der Waals surface area contributed by atoms with Gasteiger partial charge in [-0.25, -0.2) is 4.98 Å². The van der Waals surface area contributed by atoms with Crippen molar-refractivity contribution in [1.29, 1.82) is 0 Å². The molecule has 1 amide bonds. The molecule has 1 heterocycles. The highest BCUT2D eigenvalue weighted by Crippen LogP contribution is 2.28. The Morgan fingerprint density at radius 1 is 1.00 bits per heavy atom. The maximum absolute atomic E-state index is 13.0. The summed E-state index contributed by atoms with van der Waals surface area (Å²) >= 11 is 0. The molecule has 0 aliphatic carbocycles. The molecule has 0 radical (unpaired) electrons. The van der Waals surface area contributed by atoms with Crippen LogP contribution in [0.5, 0.6) is 0 Å². The van der Waals surface area contributed by atoms with Crippen LogP contribution in [-0.4, -0.2) is 39.3 Å². The maximum atomic E-state index is 13.0. The van der Waals surface area contributed by atoms with E-state index in [4.69, 9.17) is 5.11 Å². The maximum Gasteiger partial charge on any atom is 0.308 e. The van der Waals surface area contributed by atoms with E-state index in [1.165, 1.54) is 6.92 Å². The van der Waals surface area contributed by atoms with Crippen molar-refractivity contribution >= 4 is 17.7 Å². The van der Waals surface area contributed by atoms with Gasteiger partial charge in [-0.3, -0.25) is 19.2 Å². The standard InChI is InChI=1S/C24H23N3O5/c1-15(24(31)32)13-26-23(30)21-25-14-19(22(29)27-21)20(28)12-18(16-8-4-2-5-9-16)17-10-6-3-7-11-17/h2-11,14-15,18H,12-13H2,1H3,(H,26,30)(H,31,32)(H,25,27,29)/t15-/m1/s1. The zero-order valence-corrected chi connectivity index (χ0v) is 17.4. The smallest absolute Gasteiger partial charge is 0.308 e. The van der Waals surface area contributed by atoms with Crippen molar-refractivity contribution in [3.8, 4) is 0 Å². The number of nitrogens with zero attached hydrogens (tertiary/aromatic N) is 1. The summed E-state index contributed by atoms with van der Waals surface area (Å²) in [4.78, 5) is 54.7. The van der Waals surface area contributed by atoms with Gasteiger partial charge < -0.3 is 15.4 Å². The number of carbonyl (C=O) groups is 3. The monoisotopic (exact) mass is 433 g/mol. The fourth-order valence-electron chi connectivity index (χ4n) is 3.22. The highest BCUT2D eigenvalue weighted by Gasteiger charge is 2.22. The van der Waals surface area contributed by atoms with Crippen LogP contribution in [0.15, 0.2) is 71.7 Å². The molecule has 0 aliphatic rings. The van der Waals surface area contributed by atoms with Gasteiger partial charge in [-0.15, -0.1) is 0 Å². The molecule has 32 heavy (non-hydrogen) atoms. The number of hydrogen-bond donors (Lipinski definition) is 3. The molecular weight excluding hydrogens is 410 g/mol. The van der Waals surface area contributed by atoms with Crippen LogP contribution in [-0.2, 0) is 4.79 Å². The van der Waals surface area contributed by atoms with Crippen LogP contribution in [0.25, 0.3) is 0 Å². The van der Waals surface area contributed by atoms with Gasteiger partial charge in [-0.1, -0.05) is 67.6 Å². The zero-order chi connectivity index (χ0) is 23.1. The summed E-state index contributed by atoms with van der Waals surface area (Å²) in [6.45, 7) is 1.32. The SMILES string of the molecule is C[C@H](CNC(=O)c1ncc(C(=O)CC(c2ccccc2)c2ccccc2)c(=O)[nH]1)C(=O)O. The lowest BCUT2D eigenvalue weighted by Crippen LogP contribution is -2.34. The number of amides is 1. The minimum absolute atomic E-state index is 0.0560. The lowest BCUT2D eigenvalue weighted by atomic mass is 9.86. The first kappa shape index (κ1) is 22.6. The Morgan fingerprint density at radius 2 is 1.56 bits per heavy atom. The Kier molecular flexibility index (Phi) is 7.28. The quantitative estimate of drug-likeness (QED) is 0.445. The van der Waals surface area contributed by atoms with Gasteiger partial charge in [0.15, 0.2) is 11.6 Å². The number of carboxylic acids is 1. The number of Topliss-reactive ketones (excluding diaryl/α,β-unsaturated/α-hetero) is 1. The van der Waals surface area contributed by atoms with Crippen LogP contribution in [0.2, 0.25) is 0 Å². The number of benzene rings is 2. The van der Waals surface area contributed by atoms with Crippen molar-refractivity contribution in [2.45, 2.75) is 19.3 Å². The third kappa shape index (κ3) is 5.54. The van der Waals surface area contributed by atoms with Crippen molar-refractivity contribution in [1.82, 2.24) is 15.3 Å². The van der Waals surface area contributed by atoms with Gasteiger partial charge in [0.05, 0.1) is 5.92 Å². The Labute approximate surface area is 184 Å². The van der Waals surface area contributed by atoms with Crippen molar-refractivity contribution < 1.29 is 19.5 Å². The second-order valence-electron chi connectivity index (χ2n) is 7.43. The molecule has 8 heteroatoms. The molecule has 1 atom stereocenters. The highest BCUT2D eigenvalue weighted by molar-refractivity contribution is 5.97. The molecule has 0 spiro atoms. The van der Waals surface area contributed by atoms with Crippen LogP contribution in [0, 0.1) is 5.92 Å². The molecule has 2 aromatic carbocycles. The number of nitrogens with one attached hydrogen (secondary N) is 2. The highest BCUT2D eigenvalue weighted by atomic mass is 16.4. The molecule has 1 aromatic heterocycles. The van der Waals surface area contributed by atoms with E-state index in [0.29, 0.717) is 0 Å². The van der Waals surface area contributed by atoms with Gasteiger partial charge in [-0.2, -0.15) is 0 Å². The number of carbonyl (C=O) groups excluding carboxylic acids is 2. The molecular formula is C24H23N3O5. The van der Waals surface area contributed by atoms with Crippen molar-refractivity contribution in [2.75, 3.05) is 6.54 Å². The number of H-pyrrole nitrogens is 1. The number of aliphatic carboxylic acids is 1. The summed E-state index contributed by atoms with van der Waals surface area (Å²) in [5.41, 5.74) is 1.03. The predicted octanol–water partition coefficient (Wildman–Crippen LogP) is 2.63. The summed E-state index contributed by atoms with van der Waals surface area (Å²) in [7, 11) is 0. The summed E-state index contributed by atoms with van der Waals surface area (Å²) < 4.78 is 0. The van der Waals surface area contributed by atoms with Crippen LogP contribution >= 0.6 is 0 Å². The van der Waals surface area contributed by atoms with Gasteiger partial charge >= 0.3 is 5.97 Å². The molecule has 0 bridgehead atoms. The first-order valence-corrected chi connectivity index (χ1v) is 10.1. The Bertz CT molecular complexity index is 1120. The van der Waals surface area contributed by atoms with Crippen molar-refractivity contribution in [3.63, 3.8) is 0 Å². The fourth-order valence-corrected chi connectivity index (χ4v) is 3.22. The summed E-state index contributed by atoms with van der Waals surface area (Å²) in [6.07, 6.45) is 1.14. The third-order valence-corrected chi connectivity index (χ3v) is 5.10. The van der Waals surface area contributed by atoms with Crippen molar-refractivity contribution in [2.24, 2.45) is 5.92 Å². The molecule has 0 unspecified atom stereocenters. The minimum Gasteiger partial charge on any atom is -0.481 e. The zero-order valence-electron chi connectivity index (χ0n) is 17.4. The lowest BCUT2D eigenvalue weighted by Gasteiger charge is -2.17. The fraction of sp³-hybridized carbons (Fsp3) is 0.208. The van der Waals surface area contributed by atoms with E-state index in [9.17, 15) is 19.2 Å². The van der Waals surface area contributed by atoms with Crippen molar-refractivity contribution in [3.05, 3.63) is 99.7 Å². The molecule has 8 nitrogen and oxygen atoms in total. The number of aromatic nitrogens is 2. The Morgan fingerprint density at radius 3 is 2.06 bits per heavy atom. The van der Waals surface area contributed by atoms with Crippen LogP contribution in [0.1, 0.15) is 51.4 Å². The Hall–Kier alpha value is -4.07. The van der Waals surface area contributed by atoms with Crippen LogP contribution in [0.4, 0.5) is 0 Å². The van der Waals surface area contributed by atoms with Gasteiger partial charge in [0.2, 0.25) is 0 Å². The van der Waals surface area contributed by atoms with Gasteiger partial charge in [-0.05, 0) is 11.1 Å². The molecule has 0 fully saturated rings. The molecule has 0 saturated carbocycles. The van der Waals surface area contributed by atoms with Gasteiger partial charge in [0, 0.05) is 25.1 Å². The van der Waals surface area contributed by atoms with Gasteiger partial charge in [0.25, 0.3) is 11.5 Å². The lowest BCUT2D eigenvalue weighted by molar-refractivity contribution is -0.140. The van der Waals surface area contributed by atoms with E-state index >= 15 is 0 Å². The average molecular weight is 433 g/mol. The summed E-state index contributed by atoms with van der Waals surface area (Å²) in [5, 5.41) is 11.3. The molecule has 0 saturated heterocycles. The minimum atomic E-state index is -1.06. The number of hydrogen-bond acceptors (Lipinski definition) is 5. The first-order chi connectivity index (χ1) is 15.4. The van der Waals surface area contributed by atoms with Gasteiger partial charge in [0.1, 0.15) is 5.56 Å². The number of aromatic amines is 1. The van der Waals surface area contributed by atoms with E-state index < -0.39 is 29.1 Å². The molecule has 3 rings (SSSR count). The topological polar surface area (TPSA) is 129 Å². The second-order valence-corrected chi connectivity index (χ2v) is 7.43. The summed E-state index contributed by atoms with van der Waals surface area (Å²) in [5.74, 6) is -3.50. The average Bonchev–Trinajstić information content (AvgIpc) is 2.81. The summed E-state index contributed by atoms with van der Waals surface area (Å²) in [6, 6.07) is 19.1. The molecule has 164 valence electrons. The van der Waals surface area contributed by atoms with E-state index in [-0.39, 0.29) is 30.3 Å².